The maximum Gasteiger partial charge on any atom is 0.140 e. The van der Waals surface area contributed by atoms with Gasteiger partial charge in [0.05, 0.1) is 11.7 Å². The number of aromatic nitrogens is 2. The van der Waals surface area contributed by atoms with Crippen LogP contribution in [0.2, 0.25) is 0 Å². The quantitative estimate of drug-likeness (QED) is 0.930. The van der Waals surface area contributed by atoms with E-state index >= 15 is 0 Å². The highest BCUT2D eigenvalue weighted by Gasteiger charge is 2.19. The lowest BCUT2D eigenvalue weighted by Crippen LogP contribution is -2.09. The van der Waals surface area contributed by atoms with Crippen molar-refractivity contribution in [3.05, 3.63) is 46.9 Å². The number of nitrogens with two attached hydrogens (primary N) is 1. The molecule has 1 heterocycles. The van der Waals surface area contributed by atoms with Gasteiger partial charge >= 0.3 is 0 Å². The SMILES string of the molecule is CC[C@H](C)n1nc(Cc2ccccc2F)c(C#N)c1N. The van der Waals surface area contributed by atoms with Crippen molar-refractivity contribution < 1.29 is 4.39 Å². The Labute approximate surface area is 117 Å². The van der Waals surface area contributed by atoms with E-state index in [1.54, 1.807) is 22.9 Å². The fraction of sp³-hybridized carbons (Fsp3) is 0.333. The van der Waals surface area contributed by atoms with Gasteiger partial charge in [-0.25, -0.2) is 9.07 Å². The largest absolute Gasteiger partial charge is 0.383 e. The van der Waals surface area contributed by atoms with E-state index in [2.05, 4.69) is 11.2 Å². The van der Waals surface area contributed by atoms with Crippen LogP contribution in [0.1, 0.15) is 43.1 Å². The zero-order valence-corrected chi connectivity index (χ0v) is 11.6. The van der Waals surface area contributed by atoms with Crippen molar-refractivity contribution in [2.45, 2.75) is 32.7 Å². The summed E-state index contributed by atoms with van der Waals surface area (Å²) in [6, 6.07) is 8.67. The number of hydrogen-bond donors (Lipinski definition) is 1. The predicted molar refractivity (Wildman–Crippen MR) is 75.6 cm³/mol. The molecule has 5 heteroatoms. The molecule has 1 aromatic heterocycles. The minimum atomic E-state index is -0.298. The molecule has 0 aliphatic carbocycles. The zero-order chi connectivity index (χ0) is 14.7. The molecule has 2 rings (SSSR count). The number of nitrogens with zero attached hydrogens (tertiary/aromatic N) is 3. The van der Waals surface area contributed by atoms with Gasteiger partial charge < -0.3 is 5.73 Å². The molecule has 0 aliphatic heterocycles. The van der Waals surface area contributed by atoms with Crippen molar-refractivity contribution in [3.8, 4) is 6.07 Å². The van der Waals surface area contributed by atoms with Crippen LogP contribution in [-0.4, -0.2) is 9.78 Å². The van der Waals surface area contributed by atoms with E-state index in [0.29, 0.717) is 22.6 Å². The maximum absolute atomic E-state index is 13.7. The Morgan fingerprint density at radius 3 is 2.75 bits per heavy atom. The van der Waals surface area contributed by atoms with Crippen molar-refractivity contribution >= 4 is 5.82 Å². The van der Waals surface area contributed by atoms with Crippen molar-refractivity contribution in [1.29, 1.82) is 5.26 Å². The first-order valence-electron chi connectivity index (χ1n) is 6.58. The summed E-state index contributed by atoms with van der Waals surface area (Å²) in [5, 5.41) is 13.6. The number of hydrogen-bond acceptors (Lipinski definition) is 3. The van der Waals surface area contributed by atoms with E-state index in [1.165, 1.54) is 6.07 Å². The first-order chi connectivity index (χ1) is 9.58. The summed E-state index contributed by atoms with van der Waals surface area (Å²) < 4.78 is 15.3. The van der Waals surface area contributed by atoms with E-state index in [-0.39, 0.29) is 18.3 Å². The summed E-state index contributed by atoms with van der Waals surface area (Å²) in [6.07, 6.45) is 1.12. The van der Waals surface area contributed by atoms with E-state index in [0.717, 1.165) is 6.42 Å². The van der Waals surface area contributed by atoms with E-state index < -0.39 is 0 Å². The molecule has 0 unspecified atom stereocenters. The average Bonchev–Trinajstić information content (AvgIpc) is 2.76. The third-order valence-corrected chi connectivity index (χ3v) is 3.46. The second kappa shape index (κ2) is 5.74. The lowest BCUT2D eigenvalue weighted by atomic mass is 10.1. The highest BCUT2D eigenvalue weighted by atomic mass is 19.1. The molecule has 1 atom stereocenters. The average molecular weight is 272 g/mol. The van der Waals surface area contributed by atoms with Crippen molar-refractivity contribution in [2.75, 3.05) is 5.73 Å². The van der Waals surface area contributed by atoms with Gasteiger partial charge in [-0.2, -0.15) is 10.4 Å². The molecule has 1 aromatic carbocycles. The van der Waals surface area contributed by atoms with Gasteiger partial charge in [-0.1, -0.05) is 25.1 Å². The topological polar surface area (TPSA) is 67.6 Å². The van der Waals surface area contributed by atoms with Gasteiger partial charge in [0.1, 0.15) is 23.3 Å². The summed E-state index contributed by atoms with van der Waals surface area (Å²) in [5.74, 6) is 0.0567. The molecule has 0 saturated carbocycles. The van der Waals surface area contributed by atoms with E-state index in [9.17, 15) is 9.65 Å². The third-order valence-electron chi connectivity index (χ3n) is 3.46. The molecule has 4 nitrogen and oxygen atoms in total. The zero-order valence-electron chi connectivity index (χ0n) is 11.6. The summed E-state index contributed by atoms with van der Waals surface area (Å²) in [5.41, 5.74) is 7.34. The Bertz CT molecular complexity index is 654. The van der Waals surface area contributed by atoms with Gasteiger partial charge in [0, 0.05) is 6.42 Å². The Balaban J connectivity index is 2.43. The highest BCUT2D eigenvalue weighted by Crippen LogP contribution is 2.24. The number of nitrogen functional groups attached to an aromatic ring is 1. The van der Waals surface area contributed by atoms with Crippen LogP contribution in [0.25, 0.3) is 0 Å². The second-order valence-corrected chi connectivity index (χ2v) is 4.79. The van der Waals surface area contributed by atoms with Gasteiger partial charge in [0.25, 0.3) is 0 Å². The van der Waals surface area contributed by atoms with Crippen LogP contribution in [-0.2, 0) is 6.42 Å². The van der Waals surface area contributed by atoms with Crippen LogP contribution in [0, 0.1) is 17.1 Å². The molecule has 2 aromatic rings. The fourth-order valence-corrected chi connectivity index (χ4v) is 2.07. The Hall–Kier alpha value is -2.35. The minimum Gasteiger partial charge on any atom is -0.383 e. The minimum absolute atomic E-state index is 0.108. The first kappa shape index (κ1) is 14.1. The molecule has 0 radical (unpaired) electrons. The number of benzene rings is 1. The smallest absolute Gasteiger partial charge is 0.140 e. The van der Waals surface area contributed by atoms with E-state index in [1.807, 2.05) is 13.8 Å². The normalized spacial score (nSPS) is 12.1. The van der Waals surface area contributed by atoms with Crippen LogP contribution in [0.5, 0.6) is 0 Å². The van der Waals surface area contributed by atoms with Gasteiger partial charge in [-0.15, -0.1) is 0 Å². The monoisotopic (exact) mass is 272 g/mol. The predicted octanol–water partition coefficient (Wildman–Crippen LogP) is 3.04. The molecule has 0 aliphatic rings. The lowest BCUT2D eigenvalue weighted by molar-refractivity contribution is 0.481. The number of rotatable bonds is 4. The summed E-state index contributed by atoms with van der Waals surface area (Å²) >= 11 is 0. The van der Waals surface area contributed by atoms with Crippen molar-refractivity contribution in [1.82, 2.24) is 9.78 Å². The molecule has 2 N–H and O–H groups in total. The second-order valence-electron chi connectivity index (χ2n) is 4.79. The highest BCUT2D eigenvalue weighted by molar-refractivity contribution is 5.53. The molecule has 0 amide bonds. The Morgan fingerprint density at radius 2 is 2.15 bits per heavy atom. The summed E-state index contributed by atoms with van der Waals surface area (Å²) in [7, 11) is 0. The maximum atomic E-state index is 13.7. The van der Waals surface area contributed by atoms with Crippen molar-refractivity contribution in [3.63, 3.8) is 0 Å². The molecule has 104 valence electrons. The van der Waals surface area contributed by atoms with Gasteiger partial charge in [0.2, 0.25) is 0 Å². The summed E-state index contributed by atoms with van der Waals surface area (Å²) in [6.45, 7) is 4.01. The number of nitriles is 1. The van der Waals surface area contributed by atoms with Gasteiger partial charge in [-0.05, 0) is 25.0 Å². The molecule has 0 fully saturated rings. The van der Waals surface area contributed by atoms with Gasteiger partial charge in [0.15, 0.2) is 0 Å². The standard InChI is InChI=1S/C15H17FN4/c1-3-10(2)20-15(18)12(9-17)14(19-20)8-11-6-4-5-7-13(11)16/h4-7,10H,3,8,18H2,1-2H3/t10-/m0/s1. The van der Waals surface area contributed by atoms with Gasteiger partial charge in [-0.3, -0.25) is 0 Å². The number of halogens is 1. The van der Waals surface area contributed by atoms with Crippen LogP contribution >= 0.6 is 0 Å². The van der Waals surface area contributed by atoms with Crippen LogP contribution < -0.4 is 5.73 Å². The number of anilines is 1. The fourth-order valence-electron chi connectivity index (χ4n) is 2.07. The van der Waals surface area contributed by atoms with Crippen molar-refractivity contribution in [2.24, 2.45) is 0 Å². The Kier molecular flexibility index (Phi) is 4.04. The Morgan fingerprint density at radius 1 is 1.45 bits per heavy atom. The van der Waals surface area contributed by atoms with Crippen LogP contribution in [0.3, 0.4) is 0 Å². The molecule has 20 heavy (non-hydrogen) atoms. The van der Waals surface area contributed by atoms with E-state index in [4.69, 9.17) is 5.73 Å². The molecular formula is C15H17FN4. The van der Waals surface area contributed by atoms with Crippen LogP contribution in [0.4, 0.5) is 10.2 Å². The summed E-state index contributed by atoms with van der Waals surface area (Å²) in [4.78, 5) is 0. The molecular weight excluding hydrogens is 255 g/mol. The third kappa shape index (κ3) is 2.50. The lowest BCUT2D eigenvalue weighted by Gasteiger charge is -2.10. The first-order valence-corrected chi connectivity index (χ1v) is 6.58. The molecule has 0 saturated heterocycles. The molecule has 0 spiro atoms. The van der Waals surface area contributed by atoms with Crippen LogP contribution in [0.15, 0.2) is 24.3 Å². The molecule has 0 bridgehead atoms.